The first-order chi connectivity index (χ1) is 15.9. The van der Waals surface area contributed by atoms with E-state index < -0.39 is 0 Å². The van der Waals surface area contributed by atoms with Crippen LogP contribution in [0.25, 0.3) is 0 Å². The van der Waals surface area contributed by atoms with E-state index in [9.17, 15) is 13.6 Å². The maximum absolute atomic E-state index is 14.2. The van der Waals surface area contributed by atoms with Gasteiger partial charge in [-0.2, -0.15) is 0 Å². The van der Waals surface area contributed by atoms with Gasteiger partial charge in [-0.1, -0.05) is 29.8 Å². The number of amides is 2. The van der Waals surface area contributed by atoms with E-state index in [0.29, 0.717) is 6.54 Å². The number of nitrogens with zero attached hydrogens (tertiary/aromatic N) is 2. The smallest absolute Gasteiger partial charge is 0.308 e. The Kier molecular flexibility index (Phi) is 5.62. The van der Waals surface area contributed by atoms with Crippen LogP contribution < -0.4 is 10.2 Å². The van der Waals surface area contributed by atoms with Crippen LogP contribution in [0.4, 0.5) is 25.0 Å². The second-order valence-corrected chi connectivity index (χ2v) is 9.23. The Morgan fingerprint density at radius 2 is 1.61 bits per heavy atom. The van der Waals surface area contributed by atoms with E-state index in [1.807, 2.05) is 43.3 Å². The first-order valence-electron chi connectivity index (χ1n) is 11.3. The van der Waals surface area contributed by atoms with Gasteiger partial charge in [0.25, 0.3) is 0 Å². The summed E-state index contributed by atoms with van der Waals surface area (Å²) in [5, 5.41) is 2.99. The summed E-state index contributed by atoms with van der Waals surface area (Å²) in [6, 6.07) is 18.9. The minimum atomic E-state index is -0.275. The molecule has 4 nitrogen and oxygen atoms in total. The normalized spacial score (nSPS) is 17.2. The zero-order valence-corrected chi connectivity index (χ0v) is 18.7. The highest BCUT2D eigenvalue weighted by molar-refractivity contribution is 6.03. The van der Waals surface area contributed by atoms with Crippen molar-refractivity contribution in [3.05, 3.63) is 95.1 Å². The lowest BCUT2D eigenvalue weighted by Crippen LogP contribution is -2.46. The summed E-state index contributed by atoms with van der Waals surface area (Å²) in [5.41, 5.74) is 4.38. The average molecular weight is 448 g/mol. The fourth-order valence-electron chi connectivity index (χ4n) is 5.07. The van der Waals surface area contributed by atoms with Gasteiger partial charge in [-0.05, 0) is 86.4 Å². The number of urea groups is 1. The van der Waals surface area contributed by atoms with Crippen LogP contribution in [0, 0.1) is 18.6 Å². The molecule has 1 spiro atoms. The Hall–Kier alpha value is -3.25. The van der Waals surface area contributed by atoms with Gasteiger partial charge in [-0.15, -0.1) is 0 Å². The van der Waals surface area contributed by atoms with Crippen molar-refractivity contribution in [3.63, 3.8) is 0 Å². The van der Waals surface area contributed by atoms with Crippen LogP contribution in [-0.2, 0) is 12.0 Å². The van der Waals surface area contributed by atoms with E-state index in [-0.39, 0.29) is 23.1 Å². The number of likely N-dealkylation sites (tertiary alicyclic amines) is 1. The van der Waals surface area contributed by atoms with Crippen molar-refractivity contribution in [1.82, 2.24) is 4.90 Å². The molecule has 1 N–H and O–H groups in total. The number of fused-ring (bicyclic) bond motifs is 2. The van der Waals surface area contributed by atoms with E-state index in [4.69, 9.17) is 0 Å². The van der Waals surface area contributed by atoms with Crippen LogP contribution in [0.5, 0.6) is 0 Å². The summed E-state index contributed by atoms with van der Waals surface area (Å²) in [5.74, 6) is -0.507. The van der Waals surface area contributed by atoms with E-state index in [1.165, 1.54) is 18.2 Å². The highest BCUT2D eigenvalue weighted by Crippen LogP contribution is 2.47. The highest BCUT2D eigenvalue weighted by atomic mass is 19.1. The maximum Gasteiger partial charge on any atom is 0.326 e. The quantitative estimate of drug-likeness (QED) is 0.546. The van der Waals surface area contributed by atoms with Crippen molar-refractivity contribution >= 4 is 17.4 Å². The van der Waals surface area contributed by atoms with Crippen LogP contribution in [-0.4, -0.2) is 30.6 Å². The molecule has 0 aromatic heterocycles. The first-order valence-corrected chi connectivity index (χ1v) is 11.3. The molecule has 5 rings (SSSR count). The summed E-state index contributed by atoms with van der Waals surface area (Å²) < 4.78 is 27.5. The molecule has 2 heterocycles. The molecule has 0 unspecified atom stereocenters. The highest BCUT2D eigenvalue weighted by Gasteiger charge is 2.46. The zero-order valence-electron chi connectivity index (χ0n) is 18.7. The number of hydrogen-bond donors (Lipinski definition) is 1. The third-order valence-electron chi connectivity index (χ3n) is 6.96. The number of carbonyl (C=O) groups is 1. The SMILES string of the molecule is Cc1ccc(NC(=O)N2CC3(CCN(Cc4ccc(F)cc4)CC3)c3cc(F)ccc32)cc1. The minimum absolute atomic E-state index is 0.197. The number of nitrogens with one attached hydrogen (secondary N) is 1. The Bertz CT molecular complexity index is 1150. The van der Waals surface area contributed by atoms with Gasteiger partial charge in [0.15, 0.2) is 0 Å². The van der Waals surface area contributed by atoms with E-state index in [0.717, 1.165) is 60.5 Å². The molecule has 0 radical (unpaired) electrons. The number of halogens is 2. The van der Waals surface area contributed by atoms with E-state index in [1.54, 1.807) is 17.0 Å². The Morgan fingerprint density at radius 3 is 2.30 bits per heavy atom. The van der Waals surface area contributed by atoms with Crippen LogP contribution in [0.1, 0.15) is 29.5 Å². The Labute approximate surface area is 192 Å². The second kappa shape index (κ2) is 8.60. The van der Waals surface area contributed by atoms with Crippen molar-refractivity contribution in [1.29, 1.82) is 0 Å². The lowest BCUT2D eigenvalue weighted by Gasteiger charge is -2.40. The average Bonchev–Trinajstić information content (AvgIpc) is 3.12. The molecule has 2 amide bonds. The number of aryl methyl sites for hydroxylation is 1. The number of benzene rings is 3. The summed E-state index contributed by atoms with van der Waals surface area (Å²) in [4.78, 5) is 17.3. The topological polar surface area (TPSA) is 35.6 Å². The van der Waals surface area contributed by atoms with Gasteiger partial charge < -0.3 is 5.32 Å². The van der Waals surface area contributed by atoms with Crippen molar-refractivity contribution in [3.8, 4) is 0 Å². The summed E-state index contributed by atoms with van der Waals surface area (Å²) in [7, 11) is 0. The number of piperidine rings is 1. The van der Waals surface area contributed by atoms with E-state index in [2.05, 4.69) is 10.2 Å². The lowest BCUT2D eigenvalue weighted by atomic mass is 9.74. The predicted molar refractivity (Wildman–Crippen MR) is 127 cm³/mol. The number of carbonyl (C=O) groups excluding carboxylic acids is 1. The molecule has 2 aliphatic heterocycles. The molecule has 2 aliphatic rings. The third kappa shape index (κ3) is 4.35. The first kappa shape index (κ1) is 21.6. The molecule has 3 aromatic rings. The van der Waals surface area contributed by atoms with Gasteiger partial charge in [0.2, 0.25) is 0 Å². The number of anilines is 2. The molecule has 0 bridgehead atoms. The molecule has 3 aromatic carbocycles. The molecule has 1 fully saturated rings. The van der Waals surface area contributed by atoms with Crippen molar-refractivity contribution in [2.45, 2.75) is 31.7 Å². The van der Waals surface area contributed by atoms with Crippen LogP contribution in [0.2, 0.25) is 0 Å². The van der Waals surface area contributed by atoms with Crippen LogP contribution in [0.15, 0.2) is 66.7 Å². The number of rotatable bonds is 3. The summed E-state index contributed by atoms with van der Waals surface area (Å²) >= 11 is 0. The molecule has 0 atom stereocenters. The molecular formula is C27H27F2N3O. The van der Waals surface area contributed by atoms with Crippen molar-refractivity contribution < 1.29 is 13.6 Å². The number of hydrogen-bond acceptors (Lipinski definition) is 2. The Balaban J connectivity index is 1.33. The maximum atomic E-state index is 14.2. The molecule has 0 aliphatic carbocycles. The molecule has 170 valence electrons. The monoisotopic (exact) mass is 447 g/mol. The standard InChI is InChI=1S/C27H27F2N3O/c1-19-2-9-23(10-3-19)30-26(33)32-18-27(24-16-22(29)8-11-25(24)32)12-14-31(15-13-27)17-20-4-6-21(28)7-5-20/h2-11,16H,12-15,17-18H2,1H3,(H,30,33). The summed E-state index contributed by atoms with van der Waals surface area (Å²) in [6.07, 6.45) is 1.66. The van der Waals surface area contributed by atoms with Gasteiger partial charge >= 0.3 is 6.03 Å². The molecule has 33 heavy (non-hydrogen) atoms. The fraction of sp³-hybridized carbons (Fsp3) is 0.296. The van der Waals surface area contributed by atoms with Crippen molar-refractivity contribution in [2.24, 2.45) is 0 Å². The third-order valence-corrected chi connectivity index (χ3v) is 6.96. The lowest BCUT2D eigenvalue weighted by molar-refractivity contribution is 0.160. The van der Waals surface area contributed by atoms with Gasteiger partial charge in [-0.25, -0.2) is 13.6 Å². The van der Waals surface area contributed by atoms with Crippen molar-refractivity contribution in [2.75, 3.05) is 29.9 Å². The van der Waals surface area contributed by atoms with Gasteiger partial charge in [0.1, 0.15) is 11.6 Å². The molecular weight excluding hydrogens is 420 g/mol. The largest absolute Gasteiger partial charge is 0.326 e. The summed E-state index contributed by atoms with van der Waals surface area (Å²) in [6.45, 7) is 4.96. The molecule has 6 heteroatoms. The zero-order chi connectivity index (χ0) is 23.0. The molecule has 1 saturated heterocycles. The van der Waals surface area contributed by atoms with Gasteiger partial charge in [-0.3, -0.25) is 9.80 Å². The van der Waals surface area contributed by atoms with Crippen LogP contribution in [0.3, 0.4) is 0 Å². The van der Waals surface area contributed by atoms with E-state index >= 15 is 0 Å². The predicted octanol–water partition coefficient (Wildman–Crippen LogP) is 5.86. The molecule has 0 saturated carbocycles. The van der Waals surface area contributed by atoms with Crippen LogP contribution >= 0.6 is 0 Å². The van der Waals surface area contributed by atoms with Gasteiger partial charge in [0.05, 0.1) is 0 Å². The fourth-order valence-corrected chi connectivity index (χ4v) is 5.07. The Morgan fingerprint density at radius 1 is 0.939 bits per heavy atom. The van der Waals surface area contributed by atoms with Gasteiger partial charge in [0, 0.05) is 29.9 Å². The second-order valence-electron chi connectivity index (χ2n) is 9.23. The minimum Gasteiger partial charge on any atom is -0.308 e.